The van der Waals surface area contributed by atoms with Gasteiger partial charge in [0.05, 0.1) is 12.7 Å². The molecule has 0 aliphatic rings. The van der Waals surface area contributed by atoms with E-state index >= 15 is 0 Å². The van der Waals surface area contributed by atoms with Gasteiger partial charge in [0.1, 0.15) is 11.7 Å². The first-order chi connectivity index (χ1) is 10.6. The third-order valence-electron chi connectivity index (χ3n) is 3.40. The number of ether oxygens (including phenoxy) is 1. The van der Waals surface area contributed by atoms with Crippen LogP contribution in [0.25, 0.3) is 0 Å². The molecule has 0 saturated heterocycles. The Bertz CT molecular complexity index is 590. The van der Waals surface area contributed by atoms with Crippen LogP contribution in [0.15, 0.2) is 54.6 Å². The topological polar surface area (TPSA) is 66.8 Å². The van der Waals surface area contributed by atoms with E-state index in [9.17, 15) is 15.0 Å². The van der Waals surface area contributed by atoms with Crippen molar-refractivity contribution in [3.63, 3.8) is 0 Å². The van der Waals surface area contributed by atoms with Gasteiger partial charge in [-0.1, -0.05) is 42.5 Å². The standard InChI is InChI=1S/C18H20O4/c1-13(19)11-12-22-16-9-7-15(8-10-16)17(18(20)21)14-5-3-2-4-6-14/h2-10,13,17,19H,11-12H2,1H3,(H,20,21). The van der Waals surface area contributed by atoms with E-state index in [2.05, 4.69) is 0 Å². The van der Waals surface area contributed by atoms with Crippen LogP contribution >= 0.6 is 0 Å². The average Bonchev–Trinajstić information content (AvgIpc) is 2.49. The van der Waals surface area contributed by atoms with Crippen LogP contribution in [0.4, 0.5) is 0 Å². The molecule has 0 aromatic heterocycles. The Kier molecular flexibility index (Phi) is 5.55. The zero-order chi connectivity index (χ0) is 15.9. The first-order valence-electron chi connectivity index (χ1n) is 7.26. The Morgan fingerprint density at radius 3 is 2.18 bits per heavy atom. The molecule has 2 aromatic rings. The lowest BCUT2D eigenvalue weighted by Crippen LogP contribution is -2.13. The highest BCUT2D eigenvalue weighted by Gasteiger charge is 2.21. The van der Waals surface area contributed by atoms with Crippen LogP contribution in [0.1, 0.15) is 30.4 Å². The third kappa shape index (κ3) is 4.33. The minimum Gasteiger partial charge on any atom is -0.493 e. The van der Waals surface area contributed by atoms with Crippen LogP contribution in [0, 0.1) is 0 Å². The van der Waals surface area contributed by atoms with Crippen molar-refractivity contribution in [1.82, 2.24) is 0 Å². The number of rotatable bonds is 7. The van der Waals surface area contributed by atoms with Crippen LogP contribution in [0.2, 0.25) is 0 Å². The van der Waals surface area contributed by atoms with Gasteiger partial charge in [-0.3, -0.25) is 4.79 Å². The van der Waals surface area contributed by atoms with E-state index in [1.807, 2.05) is 30.3 Å². The molecule has 0 heterocycles. The molecule has 2 atom stereocenters. The molecule has 116 valence electrons. The molecule has 0 spiro atoms. The molecular weight excluding hydrogens is 280 g/mol. The molecule has 2 rings (SSSR count). The summed E-state index contributed by atoms with van der Waals surface area (Å²) in [5.74, 6) is -0.900. The normalized spacial score (nSPS) is 13.4. The van der Waals surface area contributed by atoms with Crippen molar-refractivity contribution in [3.05, 3.63) is 65.7 Å². The number of hydrogen-bond acceptors (Lipinski definition) is 3. The lowest BCUT2D eigenvalue weighted by atomic mass is 9.91. The van der Waals surface area contributed by atoms with E-state index < -0.39 is 18.0 Å². The summed E-state index contributed by atoms with van der Waals surface area (Å²) in [5, 5.41) is 18.7. The molecule has 4 nitrogen and oxygen atoms in total. The summed E-state index contributed by atoms with van der Waals surface area (Å²) in [6, 6.07) is 16.2. The molecule has 0 bridgehead atoms. The Morgan fingerprint density at radius 1 is 1.05 bits per heavy atom. The first-order valence-corrected chi connectivity index (χ1v) is 7.26. The minimum absolute atomic E-state index is 0.395. The van der Waals surface area contributed by atoms with Crippen molar-refractivity contribution >= 4 is 5.97 Å². The van der Waals surface area contributed by atoms with E-state index in [-0.39, 0.29) is 0 Å². The maximum Gasteiger partial charge on any atom is 0.315 e. The van der Waals surface area contributed by atoms with E-state index in [1.54, 1.807) is 31.2 Å². The van der Waals surface area contributed by atoms with Crippen LogP contribution in [-0.2, 0) is 4.79 Å². The zero-order valence-corrected chi connectivity index (χ0v) is 12.5. The summed E-state index contributed by atoms with van der Waals surface area (Å²) in [7, 11) is 0. The summed E-state index contributed by atoms with van der Waals surface area (Å²) >= 11 is 0. The quantitative estimate of drug-likeness (QED) is 0.824. The summed E-state index contributed by atoms with van der Waals surface area (Å²) in [6.45, 7) is 2.14. The Morgan fingerprint density at radius 2 is 1.64 bits per heavy atom. The van der Waals surface area contributed by atoms with Gasteiger partial charge in [0.15, 0.2) is 0 Å². The highest BCUT2D eigenvalue weighted by Crippen LogP contribution is 2.26. The second-order valence-corrected chi connectivity index (χ2v) is 5.24. The molecule has 0 aliphatic carbocycles. The maximum absolute atomic E-state index is 11.6. The van der Waals surface area contributed by atoms with Crippen molar-refractivity contribution in [2.24, 2.45) is 0 Å². The number of aliphatic hydroxyl groups excluding tert-OH is 1. The number of carboxylic acids is 1. The molecule has 0 aliphatic heterocycles. The number of hydrogen-bond donors (Lipinski definition) is 2. The Labute approximate surface area is 130 Å². The lowest BCUT2D eigenvalue weighted by Gasteiger charge is -2.14. The molecule has 2 N–H and O–H groups in total. The highest BCUT2D eigenvalue weighted by molar-refractivity contribution is 5.80. The molecule has 22 heavy (non-hydrogen) atoms. The fourth-order valence-corrected chi connectivity index (χ4v) is 2.23. The largest absolute Gasteiger partial charge is 0.493 e. The van der Waals surface area contributed by atoms with Gasteiger partial charge in [-0.05, 0) is 30.2 Å². The SMILES string of the molecule is CC(O)CCOc1ccc(C(C(=O)O)c2ccccc2)cc1. The van der Waals surface area contributed by atoms with Gasteiger partial charge >= 0.3 is 5.97 Å². The van der Waals surface area contributed by atoms with Crippen molar-refractivity contribution < 1.29 is 19.7 Å². The number of benzene rings is 2. The van der Waals surface area contributed by atoms with Crippen LogP contribution in [0.3, 0.4) is 0 Å². The molecule has 0 amide bonds. The lowest BCUT2D eigenvalue weighted by molar-refractivity contribution is -0.137. The van der Waals surface area contributed by atoms with Gasteiger partial charge in [0.25, 0.3) is 0 Å². The Hall–Kier alpha value is -2.33. The van der Waals surface area contributed by atoms with Crippen molar-refractivity contribution in [1.29, 1.82) is 0 Å². The van der Waals surface area contributed by atoms with E-state index in [4.69, 9.17) is 4.74 Å². The predicted molar refractivity (Wildman–Crippen MR) is 84.2 cm³/mol. The number of aliphatic hydroxyl groups is 1. The molecule has 0 radical (unpaired) electrons. The fraction of sp³-hybridized carbons (Fsp3) is 0.278. The van der Waals surface area contributed by atoms with Crippen LogP contribution < -0.4 is 4.74 Å². The van der Waals surface area contributed by atoms with E-state index in [1.165, 1.54) is 0 Å². The summed E-state index contributed by atoms with van der Waals surface area (Å²) in [5.41, 5.74) is 1.46. The monoisotopic (exact) mass is 300 g/mol. The first kappa shape index (κ1) is 16.0. The van der Waals surface area contributed by atoms with Gasteiger partial charge < -0.3 is 14.9 Å². The zero-order valence-electron chi connectivity index (χ0n) is 12.5. The minimum atomic E-state index is -0.881. The van der Waals surface area contributed by atoms with E-state index in [0.29, 0.717) is 24.3 Å². The second kappa shape index (κ2) is 7.61. The van der Waals surface area contributed by atoms with Crippen LogP contribution in [-0.4, -0.2) is 28.9 Å². The smallest absolute Gasteiger partial charge is 0.315 e. The molecular formula is C18H20O4. The van der Waals surface area contributed by atoms with Crippen molar-refractivity contribution in [2.75, 3.05) is 6.61 Å². The second-order valence-electron chi connectivity index (χ2n) is 5.24. The van der Waals surface area contributed by atoms with Crippen molar-refractivity contribution in [3.8, 4) is 5.75 Å². The number of carbonyl (C=O) groups is 1. The molecule has 2 unspecified atom stereocenters. The van der Waals surface area contributed by atoms with Gasteiger partial charge in [-0.15, -0.1) is 0 Å². The molecule has 0 saturated carbocycles. The van der Waals surface area contributed by atoms with E-state index in [0.717, 1.165) is 5.56 Å². The van der Waals surface area contributed by atoms with Gasteiger partial charge in [-0.2, -0.15) is 0 Å². The fourth-order valence-electron chi connectivity index (χ4n) is 2.23. The Balaban J connectivity index is 2.12. The molecule has 2 aromatic carbocycles. The summed E-state index contributed by atoms with van der Waals surface area (Å²) in [4.78, 5) is 11.6. The predicted octanol–water partition coefficient (Wildman–Crippen LogP) is 3.05. The van der Waals surface area contributed by atoms with Crippen molar-refractivity contribution in [2.45, 2.75) is 25.4 Å². The van der Waals surface area contributed by atoms with Gasteiger partial charge in [0.2, 0.25) is 0 Å². The maximum atomic E-state index is 11.6. The molecule has 0 fully saturated rings. The van der Waals surface area contributed by atoms with Crippen LogP contribution in [0.5, 0.6) is 5.75 Å². The summed E-state index contributed by atoms with van der Waals surface area (Å²) < 4.78 is 5.51. The third-order valence-corrected chi connectivity index (χ3v) is 3.40. The molecule has 4 heteroatoms. The van der Waals surface area contributed by atoms with Gasteiger partial charge in [0, 0.05) is 6.42 Å². The highest BCUT2D eigenvalue weighted by atomic mass is 16.5. The summed E-state index contributed by atoms with van der Waals surface area (Å²) in [6.07, 6.45) is 0.164. The number of carboxylic acid groups (broad SMARTS) is 1. The average molecular weight is 300 g/mol. The number of aliphatic carboxylic acids is 1. The van der Waals surface area contributed by atoms with Gasteiger partial charge in [-0.25, -0.2) is 0 Å².